The van der Waals surface area contributed by atoms with Crippen LogP contribution in [0.5, 0.6) is 0 Å². The largest absolute Gasteiger partial charge is 0.323 e. The number of nitrogens with zero attached hydrogens (tertiary/aromatic N) is 1. The van der Waals surface area contributed by atoms with Gasteiger partial charge in [-0.05, 0) is 18.9 Å². The van der Waals surface area contributed by atoms with Gasteiger partial charge in [-0.2, -0.15) is 0 Å². The fraction of sp³-hybridized carbons (Fsp3) is 0.357. The summed E-state index contributed by atoms with van der Waals surface area (Å²) in [7, 11) is 0. The lowest BCUT2D eigenvalue weighted by atomic mass is 10.0. The molecule has 0 unspecified atom stereocenters. The molecule has 0 radical (unpaired) electrons. The number of fused-ring (bicyclic) bond motifs is 1. The highest BCUT2D eigenvalue weighted by Crippen LogP contribution is 2.37. The van der Waals surface area contributed by atoms with Gasteiger partial charge in [0.25, 0.3) is 0 Å². The molecule has 2 aromatic rings. The number of hydrogen-bond acceptors (Lipinski definition) is 3. The summed E-state index contributed by atoms with van der Waals surface area (Å²) in [6, 6.07) is 2.13. The lowest BCUT2D eigenvalue weighted by Gasteiger charge is -2.14. The van der Waals surface area contributed by atoms with E-state index in [-0.39, 0.29) is 22.5 Å². The van der Waals surface area contributed by atoms with Crippen LogP contribution >= 0.6 is 0 Å². The molecule has 0 atom stereocenters. The van der Waals surface area contributed by atoms with Crippen LogP contribution in [0.1, 0.15) is 37.3 Å². The minimum absolute atomic E-state index is 0.117. The van der Waals surface area contributed by atoms with Crippen molar-refractivity contribution in [3.05, 3.63) is 35.3 Å². The van der Waals surface area contributed by atoms with Crippen molar-refractivity contribution >= 4 is 16.6 Å². The predicted octanol–water partition coefficient (Wildman–Crippen LogP) is 3.60. The molecular formula is C14H14F3N3. The molecule has 3 rings (SSSR count). The summed E-state index contributed by atoms with van der Waals surface area (Å²) in [5.41, 5.74) is 2.91. The van der Waals surface area contributed by atoms with Gasteiger partial charge in [-0.25, -0.2) is 18.2 Å². The van der Waals surface area contributed by atoms with E-state index in [0.717, 1.165) is 25.7 Å². The monoisotopic (exact) mass is 281 g/mol. The van der Waals surface area contributed by atoms with Crippen molar-refractivity contribution < 1.29 is 13.2 Å². The molecule has 6 heteroatoms. The Labute approximate surface area is 114 Å². The normalized spacial score (nSPS) is 16.0. The molecule has 1 heterocycles. The molecule has 1 fully saturated rings. The lowest BCUT2D eigenvalue weighted by Crippen LogP contribution is -2.11. The maximum absolute atomic E-state index is 13.9. The molecule has 1 aromatic heterocycles. The third kappa shape index (κ3) is 2.00. The van der Waals surface area contributed by atoms with Crippen molar-refractivity contribution in [3.63, 3.8) is 0 Å². The molecular weight excluding hydrogens is 267 g/mol. The second-order valence-corrected chi connectivity index (χ2v) is 5.10. The summed E-state index contributed by atoms with van der Waals surface area (Å²) in [5.74, 6) is 2.31. The maximum Gasteiger partial charge on any atom is 0.185 e. The Morgan fingerprint density at radius 3 is 2.45 bits per heavy atom. The number of hydrazine groups is 1. The van der Waals surface area contributed by atoms with E-state index in [1.54, 1.807) is 6.07 Å². The minimum atomic E-state index is -1.24. The van der Waals surface area contributed by atoms with Crippen molar-refractivity contribution in [3.8, 4) is 0 Å². The summed E-state index contributed by atoms with van der Waals surface area (Å²) in [5, 5.41) is -0.117. The van der Waals surface area contributed by atoms with Gasteiger partial charge in [-0.3, -0.25) is 5.84 Å². The molecule has 0 saturated heterocycles. The van der Waals surface area contributed by atoms with E-state index in [2.05, 4.69) is 10.4 Å². The number of aromatic nitrogens is 1. The zero-order valence-corrected chi connectivity index (χ0v) is 10.7. The number of nitrogens with two attached hydrogens (primary N) is 1. The van der Waals surface area contributed by atoms with Gasteiger partial charge in [0.15, 0.2) is 11.6 Å². The maximum atomic E-state index is 13.9. The van der Waals surface area contributed by atoms with Crippen LogP contribution < -0.4 is 11.3 Å². The van der Waals surface area contributed by atoms with Crippen LogP contribution in [0.2, 0.25) is 0 Å². The van der Waals surface area contributed by atoms with Crippen molar-refractivity contribution in [2.45, 2.75) is 31.6 Å². The number of benzene rings is 1. The average Bonchev–Trinajstić information content (AvgIpc) is 2.97. The summed E-state index contributed by atoms with van der Waals surface area (Å²) in [6.07, 6.45) is 4.05. The second-order valence-electron chi connectivity index (χ2n) is 5.10. The molecule has 0 amide bonds. The first-order chi connectivity index (χ1) is 9.61. The van der Waals surface area contributed by atoms with E-state index in [4.69, 9.17) is 5.84 Å². The number of rotatable bonds is 2. The van der Waals surface area contributed by atoms with Crippen LogP contribution in [-0.2, 0) is 0 Å². The predicted molar refractivity (Wildman–Crippen MR) is 70.6 cm³/mol. The highest BCUT2D eigenvalue weighted by molar-refractivity contribution is 5.92. The fourth-order valence-corrected chi connectivity index (χ4v) is 2.87. The van der Waals surface area contributed by atoms with E-state index in [0.29, 0.717) is 11.8 Å². The van der Waals surface area contributed by atoms with Crippen LogP contribution in [0.3, 0.4) is 0 Å². The second kappa shape index (κ2) is 4.94. The van der Waals surface area contributed by atoms with Gasteiger partial charge in [-0.15, -0.1) is 0 Å². The van der Waals surface area contributed by atoms with Gasteiger partial charge in [0.2, 0.25) is 0 Å². The minimum Gasteiger partial charge on any atom is -0.323 e. The molecule has 20 heavy (non-hydrogen) atoms. The first kappa shape index (κ1) is 13.2. The molecule has 1 aliphatic rings. The standard InChI is InChI=1S/C14H14F3N3/c15-8-5-9(16)13(17)14-12(8)11(20-18)6-10(19-14)7-3-1-2-4-7/h5-7H,1-4,18H2,(H,19,20). The van der Waals surface area contributed by atoms with Crippen molar-refractivity contribution in [2.75, 3.05) is 5.43 Å². The zero-order valence-electron chi connectivity index (χ0n) is 10.7. The van der Waals surface area contributed by atoms with E-state index in [1.165, 1.54) is 0 Å². The molecule has 0 bridgehead atoms. The van der Waals surface area contributed by atoms with Crippen LogP contribution in [-0.4, -0.2) is 4.98 Å². The third-order valence-corrected chi connectivity index (χ3v) is 3.88. The van der Waals surface area contributed by atoms with Crippen LogP contribution in [0.25, 0.3) is 10.9 Å². The summed E-state index contributed by atoms with van der Waals surface area (Å²) in [4.78, 5) is 4.14. The molecule has 0 spiro atoms. The Kier molecular flexibility index (Phi) is 3.25. The van der Waals surface area contributed by atoms with Crippen molar-refractivity contribution in [2.24, 2.45) is 5.84 Å². The van der Waals surface area contributed by atoms with E-state index in [9.17, 15) is 13.2 Å². The van der Waals surface area contributed by atoms with Gasteiger partial charge in [0, 0.05) is 17.7 Å². The molecule has 1 saturated carbocycles. The van der Waals surface area contributed by atoms with Gasteiger partial charge in [0.1, 0.15) is 11.3 Å². The van der Waals surface area contributed by atoms with E-state index in [1.807, 2.05) is 0 Å². The summed E-state index contributed by atoms with van der Waals surface area (Å²) >= 11 is 0. The Hall–Kier alpha value is -1.82. The highest BCUT2D eigenvalue weighted by Gasteiger charge is 2.23. The van der Waals surface area contributed by atoms with Gasteiger partial charge in [-0.1, -0.05) is 12.8 Å². The average molecular weight is 281 g/mol. The summed E-state index contributed by atoms with van der Waals surface area (Å²) in [6.45, 7) is 0. The summed E-state index contributed by atoms with van der Waals surface area (Å²) < 4.78 is 41.1. The quantitative estimate of drug-likeness (QED) is 0.502. The smallest absolute Gasteiger partial charge is 0.185 e. The van der Waals surface area contributed by atoms with Crippen LogP contribution in [0, 0.1) is 17.5 Å². The molecule has 1 aliphatic carbocycles. The first-order valence-corrected chi connectivity index (χ1v) is 6.56. The number of nitrogen functional groups attached to an aromatic ring is 1. The lowest BCUT2D eigenvalue weighted by molar-refractivity contribution is 0.503. The number of pyridine rings is 1. The topological polar surface area (TPSA) is 50.9 Å². The highest BCUT2D eigenvalue weighted by atomic mass is 19.2. The molecule has 1 aromatic carbocycles. The zero-order chi connectivity index (χ0) is 14.3. The SMILES string of the molecule is NNc1cc(C2CCCC2)nc2c(F)c(F)cc(F)c12. The Balaban J connectivity index is 2.28. The van der Waals surface area contributed by atoms with E-state index < -0.39 is 17.5 Å². The number of hydrogen-bond donors (Lipinski definition) is 2. The third-order valence-electron chi connectivity index (χ3n) is 3.88. The molecule has 3 N–H and O–H groups in total. The van der Waals surface area contributed by atoms with Crippen LogP contribution in [0.4, 0.5) is 18.9 Å². The first-order valence-electron chi connectivity index (χ1n) is 6.56. The number of anilines is 1. The van der Waals surface area contributed by atoms with Gasteiger partial charge < -0.3 is 5.43 Å². The van der Waals surface area contributed by atoms with Gasteiger partial charge in [0.05, 0.1) is 11.1 Å². The molecule has 0 aliphatic heterocycles. The Morgan fingerprint density at radius 2 is 1.80 bits per heavy atom. The van der Waals surface area contributed by atoms with Crippen molar-refractivity contribution in [1.82, 2.24) is 4.98 Å². The number of halogens is 3. The van der Waals surface area contributed by atoms with Crippen LogP contribution in [0.15, 0.2) is 12.1 Å². The number of nitrogens with one attached hydrogen (secondary N) is 1. The van der Waals surface area contributed by atoms with Crippen molar-refractivity contribution in [1.29, 1.82) is 0 Å². The van der Waals surface area contributed by atoms with Gasteiger partial charge >= 0.3 is 0 Å². The Bertz CT molecular complexity index is 666. The molecule has 3 nitrogen and oxygen atoms in total. The van der Waals surface area contributed by atoms with E-state index >= 15 is 0 Å². The fourth-order valence-electron chi connectivity index (χ4n) is 2.87. The molecule has 106 valence electrons. The Morgan fingerprint density at radius 1 is 1.10 bits per heavy atom.